The molecule has 0 aromatic heterocycles. The quantitative estimate of drug-likeness (QED) is 0.868. The number of hydrogen-bond acceptors (Lipinski definition) is 2. The number of primary amides is 1. The Bertz CT molecular complexity index is 670. The summed E-state index contributed by atoms with van der Waals surface area (Å²) in [5.74, 6) is -0.422. The maximum absolute atomic E-state index is 10.8. The number of nitrogens with two attached hydrogens (primary N) is 1. The number of benzene rings is 2. The second-order valence-corrected chi connectivity index (χ2v) is 5.22. The first-order valence-electron chi connectivity index (χ1n) is 6.99. The summed E-state index contributed by atoms with van der Waals surface area (Å²) < 4.78 is 0. The van der Waals surface area contributed by atoms with Crippen LogP contribution in [0.15, 0.2) is 42.5 Å². The highest BCUT2D eigenvalue weighted by molar-refractivity contribution is 5.92. The molecule has 0 spiro atoms. The highest BCUT2D eigenvalue weighted by atomic mass is 16.1. The molecular formula is C17H18N2O. The van der Waals surface area contributed by atoms with Gasteiger partial charge in [0.05, 0.1) is 0 Å². The molecule has 2 aromatic rings. The maximum Gasteiger partial charge on any atom is 0.241 e. The van der Waals surface area contributed by atoms with Crippen molar-refractivity contribution in [3.05, 3.63) is 48.0 Å². The van der Waals surface area contributed by atoms with Crippen molar-refractivity contribution < 1.29 is 4.79 Å². The SMILES string of the molecule is NC(=O)C=Cc1ccc2cc(N3CCCC3)ccc2c1. The number of amides is 1. The summed E-state index contributed by atoms with van der Waals surface area (Å²) in [6.45, 7) is 2.32. The molecule has 1 fully saturated rings. The van der Waals surface area contributed by atoms with Crippen molar-refractivity contribution >= 4 is 28.4 Å². The summed E-state index contributed by atoms with van der Waals surface area (Å²) in [5.41, 5.74) is 7.40. The normalized spacial score (nSPS) is 15.3. The first-order chi connectivity index (χ1) is 9.72. The smallest absolute Gasteiger partial charge is 0.241 e. The second-order valence-electron chi connectivity index (χ2n) is 5.22. The lowest BCUT2D eigenvalue weighted by Gasteiger charge is -2.18. The minimum atomic E-state index is -0.422. The molecule has 0 aliphatic carbocycles. The Kier molecular flexibility index (Phi) is 3.42. The molecule has 1 heterocycles. The van der Waals surface area contributed by atoms with Crippen LogP contribution in [-0.2, 0) is 4.79 Å². The van der Waals surface area contributed by atoms with Crippen molar-refractivity contribution in [2.75, 3.05) is 18.0 Å². The summed E-state index contributed by atoms with van der Waals surface area (Å²) in [4.78, 5) is 13.2. The molecule has 20 heavy (non-hydrogen) atoms. The Balaban J connectivity index is 1.92. The highest BCUT2D eigenvalue weighted by Crippen LogP contribution is 2.26. The van der Waals surface area contributed by atoms with E-state index in [-0.39, 0.29) is 0 Å². The number of carbonyl (C=O) groups excluding carboxylic acids is 1. The summed E-state index contributed by atoms with van der Waals surface area (Å²) >= 11 is 0. The zero-order chi connectivity index (χ0) is 13.9. The predicted molar refractivity (Wildman–Crippen MR) is 83.6 cm³/mol. The van der Waals surface area contributed by atoms with Crippen LogP contribution in [0.25, 0.3) is 16.8 Å². The van der Waals surface area contributed by atoms with Crippen LogP contribution in [0.2, 0.25) is 0 Å². The van der Waals surface area contributed by atoms with E-state index in [1.807, 2.05) is 6.07 Å². The molecule has 2 N–H and O–H groups in total. The Morgan fingerprint density at radius 1 is 1.05 bits per heavy atom. The van der Waals surface area contributed by atoms with Gasteiger partial charge in [0.2, 0.25) is 5.91 Å². The predicted octanol–water partition coefficient (Wildman–Crippen LogP) is 2.94. The van der Waals surface area contributed by atoms with Crippen molar-refractivity contribution in [3.63, 3.8) is 0 Å². The molecule has 1 aliphatic heterocycles. The third kappa shape index (κ3) is 2.67. The number of rotatable bonds is 3. The Hall–Kier alpha value is -2.29. The minimum Gasteiger partial charge on any atom is -0.372 e. The first-order valence-corrected chi connectivity index (χ1v) is 6.99. The highest BCUT2D eigenvalue weighted by Gasteiger charge is 2.12. The van der Waals surface area contributed by atoms with E-state index in [0.717, 1.165) is 18.7 Å². The summed E-state index contributed by atoms with van der Waals surface area (Å²) in [5, 5.41) is 2.41. The van der Waals surface area contributed by atoms with Gasteiger partial charge in [-0.2, -0.15) is 0 Å². The lowest BCUT2D eigenvalue weighted by atomic mass is 10.1. The van der Waals surface area contributed by atoms with Gasteiger partial charge < -0.3 is 10.6 Å². The third-order valence-corrected chi connectivity index (χ3v) is 3.76. The fourth-order valence-corrected chi connectivity index (χ4v) is 2.71. The van der Waals surface area contributed by atoms with E-state index in [4.69, 9.17) is 5.73 Å². The third-order valence-electron chi connectivity index (χ3n) is 3.76. The molecule has 3 nitrogen and oxygen atoms in total. The first kappa shape index (κ1) is 12.7. The van der Waals surface area contributed by atoms with Gasteiger partial charge in [-0.1, -0.05) is 18.2 Å². The van der Waals surface area contributed by atoms with Crippen LogP contribution in [0.4, 0.5) is 5.69 Å². The van der Waals surface area contributed by atoms with Crippen molar-refractivity contribution in [3.8, 4) is 0 Å². The molecule has 0 radical (unpaired) electrons. The molecule has 2 aromatic carbocycles. The number of hydrogen-bond donors (Lipinski definition) is 1. The van der Waals surface area contributed by atoms with Crippen LogP contribution < -0.4 is 10.6 Å². The van der Waals surface area contributed by atoms with E-state index in [1.54, 1.807) is 6.08 Å². The Labute approximate surface area is 118 Å². The fourth-order valence-electron chi connectivity index (χ4n) is 2.71. The molecule has 3 heteroatoms. The number of carbonyl (C=O) groups is 1. The molecule has 102 valence electrons. The van der Waals surface area contributed by atoms with Crippen molar-refractivity contribution in [2.45, 2.75) is 12.8 Å². The molecule has 1 aliphatic rings. The minimum absolute atomic E-state index is 0.422. The standard InChI is InChI=1S/C17H18N2O/c18-17(20)8-4-13-3-5-15-12-16(7-6-14(15)11-13)19-9-1-2-10-19/h3-8,11-12H,1-2,9-10H2,(H2,18,20). The Morgan fingerprint density at radius 2 is 1.75 bits per heavy atom. The van der Waals surface area contributed by atoms with Gasteiger partial charge in [0, 0.05) is 24.9 Å². The molecule has 1 saturated heterocycles. The van der Waals surface area contributed by atoms with Crippen LogP contribution in [0, 0.1) is 0 Å². The van der Waals surface area contributed by atoms with Gasteiger partial charge in [-0.3, -0.25) is 4.79 Å². The molecule has 0 atom stereocenters. The average Bonchev–Trinajstić information content (AvgIpc) is 2.98. The fraction of sp³-hybridized carbons (Fsp3) is 0.235. The van der Waals surface area contributed by atoms with Gasteiger partial charge in [0.1, 0.15) is 0 Å². The van der Waals surface area contributed by atoms with E-state index in [1.165, 1.54) is 35.4 Å². The molecular weight excluding hydrogens is 248 g/mol. The molecule has 1 amide bonds. The molecule has 3 rings (SSSR count). The van der Waals surface area contributed by atoms with Gasteiger partial charge in [-0.05, 0) is 53.5 Å². The number of anilines is 1. The second kappa shape index (κ2) is 5.37. The van der Waals surface area contributed by atoms with Gasteiger partial charge in [0.15, 0.2) is 0 Å². The summed E-state index contributed by atoms with van der Waals surface area (Å²) in [6, 6.07) is 12.7. The van der Waals surface area contributed by atoms with E-state index in [0.29, 0.717) is 0 Å². The largest absolute Gasteiger partial charge is 0.372 e. The zero-order valence-electron chi connectivity index (χ0n) is 11.4. The van der Waals surface area contributed by atoms with Crippen LogP contribution in [0.5, 0.6) is 0 Å². The van der Waals surface area contributed by atoms with Crippen molar-refractivity contribution in [2.24, 2.45) is 5.73 Å². The zero-order valence-corrected chi connectivity index (χ0v) is 11.4. The molecule has 0 unspecified atom stereocenters. The van der Waals surface area contributed by atoms with E-state index < -0.39 is 5.91 Å². The van der Waals surface area contributed by atoms with Gasteiger partial charge in [0.25, 0.3) is 0 Å². The topological polar surface area (TPSA) is 46.3 Å². The van der Waals surface area contributed by atoms with Crippen LogP contribution >= 0.6 is 0 Å². The van der Waals surface area contributed by atoms with Gasteiger partial charge in [-0.15, -0.1) is 0 Å². The molecule has 0 bridgehead atoms. The van der Waals surface area contributed by atoms with Crippen molar-refractivity contribution in [1.82, 2.24) is 0 Å². The number of nitrogens with zero attached hydrogens (tertiary/aromatic N) is 1. The maximum atomic E-state index is 10.8. The van der Waals surface area contributed by atoms with Gasteiger partial charge in [-0.25, -0.2) is 0 Å². The van der Waals surface area contributed by atoms with E-state index in [2.05, 4.69) is 35.2 Å². The van der Waals surface area contributed by atoms with Crippen LogP contribution in [0.1, 0.15) is 18.4 Å². The van der Waals surface area contributed by atoms with E-state index in [9.17, 15) is 4.79 Å². The van der Waals surface area contributed by atoms with Gasteiger partial charge >= 0.3 is 0 Å². The number of fused-ring (bicyclic) bond motifs is 1. The van der Waals surface area contributed by atoms with Crippen LogP contribution in [-0.4, -0.2) is 19.0 Å². The Morgan fingerprint density at radius 3 is 2.50 bits per heavy atom. The molecule has 0 saturated carbocycles. The summed E-state index contributed by atoms with van der Waals surface area (Å²) in [7, 11) is 0. The average molecular weight is 266 g/mol. The lowest BCUT2D eigenvalue weighted by molar-refractivity contribution is -0.113. The monoisotopic (exact) mass is 266 g/mol. The van der Waals surface area contributed by atoms with Crippen molar-refractivity contribution in [1.29, 1.82) is 0 Å². The van der Waals surface area contributed by atoms with Crippen LogP contribution in [0.3, 0.4) is 0 Å². The lowest BCUT2D eigenvalue weighted by Crippen LogP contribution is -2.17. The summed E-state index contributed by atoms with van der Waals surface area (Å²) in [6.07, 6.45) is 5.71. The van der Waals surface area contributed by atoms with E-state index >= 15 is 0 Å².